The molecule has 0 radical (unpaired) electrons. The fraction of sp³-hybridized carbons (Fsp3) is 0.0196. The van der Waals surface area contributed by atoms with E-state index in [0.29, 0.717) is 0 Å². The van der Waals surface area contributed by atoms with Crippen LogP contribution in [0.25, 0.3) is 110 Å². The standard InChI is InChI=1S/C51H34N4S/c1-3-17-41-34(4-2)46-44(55(41)51-48(33-20-9-6-10-21-33)52-39-26-12-13-27-40(39)53-51)31-30-43-47(46)38-22-11-14-28-42(38)54(43)45-29-16-25-37-36-24-15-23-35(49(36)56-50(37)45)32-18-7-5-8-19-32/h3-31H,2H2,1H3/b17-3-. The Hall–Kier alpha value is -7.08. The number of para-hydroxylation sites is 3. The van der Waals surface area contributed by atoms with E-state index in [1.54, 1.807) is 0 Å². The van der Waals surface area contributed by atoms with Gasteiger partial charge in [0, 0.05) is 42.8 Å². The molecule has 0 saturated heterocycles. The number of aromatic nitrogens is 4. The fourth-order valence-electron chi connectivity index (χ4n) is 8.67. The molecule has 0 N–H and O–H groups in total. The summed E-state index contributed by atoms with van der Waals surface area (Å²) in [6.07, 6.45) is 6.28. The highest BCUT2D eigenvalue weighted by molar-refractivity contribution is 7.26. The van der Waals surface area contributed by atoms with Crippen molar-refractivity contribution in [3.63, 3.8) is 0 Å². The molecule has 7 aromatic carbocycles. The maximum Gasteiger partial charge on any atom is 0.165 e. The lowest BCUT2D eigenvalue weighted by Gasteiger charge is -2.14. The summed E-state index contributed by atoms with van der Waals surface area (Å²) in [6.45, 7) is 6.49. The molecule has 0 unspecified atom stereocenters. The molecule has 11 rings (SSSR count). The summed E-state index contributed by atoms with van der Waals surface area (Å²) in [6, 6.07) is 56.0. The van der Waals surface area contributed by atoms with Gasteiger partial charge in [-0.15, -0.1) is 11.3 Å². The number of rotatable bonds is 6. The van der Waals surface area contributed by atoms with Gasteiger partial charge in [0.1, 0.15) is 5.69 Å². The smallest absolute Gasteiger partial charge is 0.165 e. The number of thiophene rings is 1. The van der Waals surface area contributed by atoms with Crippen LogP contribution in [0.3, 0.4) is 0 Å². The van der Waals surface area contributed by atoms with E-state index in [4.69, 9.17) is 9.97 Å². The Morgan fingerprint density at radius 2 is 1.16 bits per heavy atom. The maximum absolute atomic E-state index is 5.37. The van der Waals surface area contributed by atoms with E-state index < -0.39 is 0 Å². The van der Waals surface area contributed by atoms with Gasteiger partial charge in [-0.2, -0.15) is 0 Å². The Balaban J connectivity index is 1.25. The summed E-state index contributed by atoms with van der Waals surface area (Å²) in [5, 5.41) is 6.07. The van der Waals surface area contributed by atoms with Crippen molar-refractivity contribution in [2.75, 3.05) is 0 Å². The van der Waals surface area contributed by atoms with Crippen LogP contribution in [-0.4, -0.2) is 19.1 Å². The molecule has 0 saturated carbocycles. The molecule has 0 bridgehead atoms. The van der Waals surface area contributed by atoms with Crippen LogP contribution in [-0.2, 0) is 0 Å². The van der Waals surface area contributed by atoms with Crippen LogP contribution < -0.4 is 0 Å². The van der Waals surface area contributed by atoms with Crippen molar-refractivity contribution < 1.29 is 0 Å². The largest absolute Gasteiger partial charge is 0.308 e. The van der Waals surface area contributed by atoms with Gasteiger partial charge >= 0.3 is 0 Å². The summed E-state index contributed by atoms with van der Waals surface area (Å²) in [5.74, 6) is 0.786. The van der Waals surface area contributed by atoms with E-state index in [2.05, 4.69) is 162 Å². The molecule has 0 fully saturated rings. The monoisotopic (exact) mass is 734 g/mol. The second-order valence-corrected chi connectivity index (χ2v) is 15.1. The van der Waals surface area contributed by atoms with E-state index in [1.165, 1.54) is 47.8 Å². The van der Waals surface area contributed by atoms with Gasteiger partial charge in [0.2, 0.25) is 0 Å². The molecule has 264 valence electrons. The molecule has 4 aromatic heterocycles. The van der Waals surface area contributed by atoms with Crippen molar-refractivity contribution in [2.24, 2.45) is 0 Å². The second kappa shape index (κ2) is 12.8. The van der Waals surface area contributed by atoms with Gasteiger partial charge < -0.3 is 4.57 Å². The molecule has 0 aliphatic carbocycles. The van der Waals surface area contributed by atoms with Gasteiger partial charge in [0.15, 0.2) is 5.82 Å². The van der Waals surface area contributed by atoms with Gasteiger partial charge in [-0.05, 0) is 60.5 Å². The zero-order valence-electron chi connectivity index (χ0n) is 30.6. The average molecular weight is 735 g/mol. The van der Waals surface area contributed by atoms with Crippen molar-refractivity contribution in [3.8, 4) is 33.9 Å². The normalized spacial score (nSPS) is 12.0. The minimum Gasteiger partial charge on any atom is -0.308 e. The third kappa shape index (κ3) is 4.71. The minimum atomic E-state index is 0.786. The van der Waals surface area contributed by atoms with Gasteiger partial charge in [-0.25, -0.2) is 9.97 Å². The molecule has 0 spiro atoms. The fourth-order valence-corrected chi connectivity index (χ4v) is 10.0. The number of fused-ring (bicyclic) bond motifs is 9. The van der Waals surface area contributed by atoms with Gasteiger partial charge in [0.05, 0.1) is 43.7 Å². The summed E-state index contributed by atoms with van der Waals surface area (Å²) >= 11 is 1.88. The molecular formula is C51H34N4S. The molecule has 56 heavy (non-hydrogen) atoms. The van der Waals surface area contributed by atoms with E-state index in [1.807, 2.05) is 47.7 Å². The number of nitrogens with zero attached hydrogens (tertiary/aromatic N) is 4. The predicted octanol–water partition coefficient (Wildman–Crippen LogP) is 14.0. The predicted molar refractivity (Wildman–Crippen MR) is 239 cm³/mol. The number of allylic oxidation sites excluding steroid dienone is 1. The van der Waals surface area contributed by atoms with Crippen LogP contribution in [0.1, 0.15) is 18.2 Å². The molecule has 0 aliphatic heterocycles. The van der Waals surface area contributed by atoms with E-state index >= 15 is 0 Å². The third-order valence-corrected chi connectivity index (χ3v) is 12.3. The number of hydrogen-bond donors (Lipinski definition) is 0. The summed E-state index contributed by atoms with van der Waals surface area (Å²) in [7, 11) is 0. The van der Waals surface area contributed by atoms with Crippen LogP contribution in [0.5, 0.6) is 0 Å². The first-order chi connectivity index (χ1) is 27.7. The SMILES string of the molecule is C=Cc1c(/C=C\C)n(-c2nc3ccccc3nc2-c2ccccc2)c2ccc3c(c4ccccc4n3-c3cccc4c3sc3c(-c5ccccc5)cccc34)c12. The lowest BCUT2D eigenvalue weighted by atomic mass is 10.0. The molecule has 0 aliphatic rings. The van der Waals surface area contributed by atoms with Gasteiger partial charge in [-0.3, -0.25) is 4.57 Å². The van der Waals surface area contributed by atoms with E-state index in [9.17, 15) is 0 Å². The van der Waals surface area contributed by atoms with Crippen LogP contribution in [0.2, 0.25) is 0 Å². The summed E-state index contributed by atoms with van der Waals surface area (Å²) < 4.78 is 7.33. The quantitative estimate of drug-likeness (QED) is 0.170. The average Bonchev–Trinajstić information content (AvgIpc) is 3.91. The zero-order chi connectivity index (χ0) is 37.3. The van der Waals surface area contributed by atoms with Crippen LogP contribution in [0.15, 0.2) is 170 Å². The Morgan fingerprint density at radius 1 is 0.536 bits per heavy atom. The van der Waals surface area contributed by atoms with Crippen LogP contribution >= 0.6 is 11.3 Å². The molecule has 0 atom stereocenters. The third-order valence-electron chi connectivity index (χ3n) is 11.0. The Morgan fingerprint density at radius 3 is 1.91 bits per heavy atom. The number of hydrogen-bond acceptors (Lipinski definition) is 3. The van der Waals surface area contributed by atoms with Gasteiger partial charge in [0.25, 0.3) is 0 Å². The molecule has 5 heteroatoms. The second-order valence-electron chi connectivity index (χ2n) is 14.1. The summed E-state index contributed by atoms with van der Waals surface area (Å²) in [4.78, 5) is 10.6. The maximum atomic E-state index is 5.37. The molecule has 4 nitrogen and oxygen atoms in total. The van der Waals surface area contributed by atoms with Crippen molar-refractivity contribution in [2.45, 2.75) is 6.92 Å². The Kier molecular flexibility index (Phi) is 7.37. The highest BCUT2D eigenvalue weighted by Crippen LogP contribution is 2.46. The van der Waals surface area contributed by atoms with Gasteiger partial charge in [-0.1, -0.05) is 140 Å². The topological polar surface area (TPSA) is 35.6 Å². The first-order valence-electron chi connectivity index (χ1n) is 18.9. The van der Waals surface area contributed by atoms with Crippen LogP contribution in [0.4, 0.5) is 0 Å². The first-order valence-corrected chi connectivity index (χ1v) is 19.7. The lowest BCUT2D eigenvalue weighted by Crippen LogP contribution is -2.05. The summed E-state index contributed by atoms with van der Waals surface area (Å²) in [5.41, 5.74) is 12.7. The molecule has 4 heterocycles. The van der Waals surface area contributed by atoms with Crippen molar-refractivity contribution in [1.29, 1.82) is 0 Å². The van der Waals surface area contributed by atoms with Crippen molar-refractivity contribution >= 4 is 87.4 Å². The zero-order valence-corrected chi connectivity index (χ0v) is 31.5. The van der Waals surface area contributed by atoms with Crippen molar-refractivity contribution in [1.82, 2.24) is 19.1 Å². The highest BCUT2D eigenvalue weighted by atomic mass is 32.1. The Bertz CT molecular complexity index is 3380. The van der Waals surface area contributed by atoms with Crippen molar-refractivity contribution in [3.05, 3.63) is 182 Å². The first kappa shape index (κ1) is 32.4. The van der Waals surface area contributed by atoms with Crippen LogP contribution in [0, 0.1) is 0 Å². The molecular weight excluding hydrogens is 701 g/mol. The lowest BCUT2D eigenvalue weighted by molar-refractivity contribution is 1.03. The van der Waals surface area contributed by atoms with E-state index in [0.717, 1.165) is 61.3 Å². The highest BCUT2D eigenvalue weighted by Gasteiger charge is 2.25. The van der Waals surface area contributed by atoms with E-state index in [-0.39, 0.29) is 0 Å². The number of benzene rings is 7. The Labute approximate surface area is 327 Å². The molecule has 11 aromatic rings. The minimum absolute atomic E-state index is 0.786. The molecule has 0 amide bonds.